The Balaban J connectivity index is 1.69. The predicted octanol–water partition coefficient (Wildman–Crippen LogP) is 5.69. The summed E-state index contributed by atoms with van der Waals surface area (Å²) in [5, 5.41) is 8.63. The van der Waals surface area contributed by atoms with Crippen LogP contribution in [0.4, 0.5) is 14.9 Å². The van der Waals surface area contributed by atoms with E-state index in [1.807, 2.05) is 76.2 Å². The molecule has 3 N–H and O–H groups in total. The smallest absolute Gasteiger partial charge is 0.319 e. The lowest BCUT2D eigenvalue weighted by Crippen LogP contribution is -2.53. The molecule has 0 bridgehead atoms. The molecular weight excluding hydrogens is 507 g/mol. The van der Waals surface area contributed by atoms with E-state index in [-0.39, 0.29) is 30.1 Å². The topological polar surface area (TPSA) is 90.5 Å². The summed E-state index contributed by atoms with van der Waals surface area (Å²) in [7, 11) is 0. The number of halogens is 1. The summed E-state index contributed by atoms with van der Waals surface area (Å²) >= 11 is 0. The van der Waals surface area contributed by atoms with E-state index in [0.717, 1.165) is 16.7 Å². The molecule has 3 aromatic rings. The van der Waals surface area contributed by atoms with Crippen molar-refractivity contribution < 1.29 is 18.8 Å². The van der Waals surface area contributed by atoms with Crippen LogP contribution in [0.2, 0.25) is 0 Å². The van der Waals surface area contributed by atoms with Crippen molar-refractivity contribution in [3.8, 4) is 0 Å². The van der Waals surface area contributed by atoms with Crippen LogP contribution in [-0.4, -0.2) is 40.9 Å². The molecular formula is C32H37FN4O3. The zero-order chi connectivity index (χ0) is 28.9. The van der Waals surface area contributed by atoms with Gasteiger partial charge in [0.15, 0.2) is 0 Å². The minimum Gasteiger partial charge on any atom is -0.350 e. The molecule has 210 valence electrons. The van der Waals surface area contributed by atoms with E-state index in [0.29, 0.717) is 18.5 Å². The van der Waals surface area contributed by atoms with Gasteiger partial charge in [0.1, 0.15) is 18.4 Å². The van der Waals surface area contributed by atoms with Crippen molar-refractivity contribution in [2.24, 2.45) is 0 Å². The Labute approximate surface area is 235 Å². The first-order valence-corrected chi connectivity index (χ1v) is 13.5. The van der Waals surface area contributed by atoms with Crippen LogP contribution in [0.1, 0.15) is 62.3 Å². The van der Waals surface area contributed by atoms with Gasteiger partial charge in [0.25, 0.3) is 0 Å². The highest BCUT2D eigenvalue weighted by Crippen LogP contribution is 2.39. The number of carbonyl (C=O) groups is 3. The van der Waals surface area contributed by atoms with Gasteiger partial charge >= 0.3 is 6.03 Å². The second kappa shape index (κ2) is 12.3. The van der Waals surface area contributed by atoms with Crippen molar-refractivity contribution in [3.05, 3.63) is 101 Å². The number of rotatable bonds is 6. The number of hydrogen-bond acceptors (Lipinski definition) is 3. The summed E-state index contributed by atoms with van der Waals surface area (Å²) in [5.41, 5.74) is 2.87. The van der Waals surface area contributed by atoms with Crippen LogP contribution in [0.3, 0.4) is 0 Å². The first-order valence-electron chi connectivity index (χ1n) is 13.5. The van der Waals surface area contributed by atoms with Gasteiger partial charge in [0.2, 0.25) is 11.8 Å². The molecule has 7 nitrogen and oxygen atoms in total. The van der Waals surface area contributed by atoms with Crippen molar-refractivity contribution in [1.29, 1.82) is 0 Å². The lowest BCUT2D eigenvalue weighted by atomic mass is 9.86. The normalized spacial score (nSPS) is 19.5. The van der Waals surface area contributed by atoms with Gasteiger partial charge in [-0.15, -0.1) is 0 Å². The Morgan fingerprint density at radius 2 is 1.62 bits per heavy atom. The van der Waals surface area contributed by atoms with Gasteiger partial charge in [-0.2, -0.15) is 0 Å². The monoisotopic (exact) mass is 544 g/mol. The average molecular weight is 545 g/mol. The molecule has 0 spiro atoms. The van der Waals surface area contributed by atoms with Crippen LogP contribution in [0.5, 0.6) is 0 Å². The molecule has 0 radical (unpaired) electrons. The molecule has 0 unspecified atom stereocenters. The fourth-order valence-corrected chi connectivity index (χ4v) is 5.20. The molecule has 3 atom stereocenters. The Morgan fingerprint density at radius 1 is 0.925 bits per heavy atom. The maximum absolute atomic E-state index is 14.1. The number of amides is 4. The molecule has 0 aromatic heterocycles. The van der Waals surface area contributed by atoms with Crippen molar-refractivity contribution in [1.82, 2.24) is 15.5 Å². The third-order valence-electron chi connectivity index (χ3n) is 6.92. The number of likely N-dealkylation sites (tertiary alicyclic amines) is 1. The molecule has 0 saturated carbocycles. The first-order chi connectivity index (χ1) is 19.0. The fourth-order valence-electron chi connectivity index (χ4n) is 5.20. The van der Waals surface area contributed by atoms with Crippen LogP contribution in [0.15, 0.2) is 78.9 Å². The number of aryl methyl sites for hydroxylation is 1. The SMILES string of the molecule is Cc1cccc(NC(=O)N[C@@H]2C[C@H](c3ccc(F)cc3)C[C@H](c3ccccc3)N(CC(=O)NC(C)(C)C)C2=O)c1. The van der Waals surface area contributed by atoms with E-state index < -0.39 is 23.7 Å². The number of urea groups is 1. The van der Waals surface area contributed by atoms with E-state index in [4.69, 9.17) is 0 Å². The number of anilines is 1. The third-order valence-corrected chi connectivity index (χ3v) is 6.92. The lowest BCUT2D eigenvalue weighted by molar-refractivity contribution is -0.139. The summed E-state index contributed by atoms with van der Waals surface area (Å²) in [4.78, 5) is 41.9. The second-order valence-corrected chi connectivity index (χ2v) is 11.4. The van der Waals surface area contributed by atoms with Crippen LogP contribution in [-0.2, 0) is 9.59 Å². The van der Waals surface area contributed by atoms with Gasteiger partial charge in [-0.05, 0) is 87.4 Å². The Morgan fingerprint density at radius 3 is 2.27 bits per heavy atom. The standard InChI is InChI=1S/C32H37FN4O3/c1-21-9-8-12-26(17-21)34-31(40)35-27-18-24(22-13-15-25(33)16-14-22)19-28(23-10-6-5-7-11-23)37(30(27)39)20-29(38)36-32(2,3)4/h5-17,24,27-28H,18-20H2,1-4H3,(H,36,38)(H2,34,35,40)/t24-,27+,28+/m0/s1. The number of hydrogen-bond donors (Lipinski definition) is 3. The van der Waals surface area contributed by atoms with Crippen LogP contribution in [0, 0.1) is 12.7 Å². The van der Waals surface area contributed by atoms with Crippen molar-refractivity contribution in [2.75, 3.05) is 11.9 Å². The summed E-state index contributed by atoms with van der Waals surface area (Å²) in [6.45, 7) is 7.41. The van der Waals surface area contributed by atoms with E-state index >= 15 is 0 Å². The largest absolute Gasteiger partial charge is 0.350 e. The highest BCUT2D eigenvalue weighted by molar-refractivity contribution is 5.95. The predicted molar refractivity (Wildman–Crippen MR) is 154 cm³/mol. The molecule has 1 aliphatic rings. The minimum absolute atomic E-state index is 0.163. The fraction of sp³-hybridized carbons (Fsp3) is 0.344. The average Bonchev–Trinajstić information content (AvgIpc) is 3.01. The zero-order valence-electron chi connectivity index (χ0n) is 23.4. The zero-order valence-corrected chi connectivity index (χ0v) is 23.4. The Hall–Kier alpha value is -4.20. The van der Waals surface area contributed by atoms with Crippen LogP contribution >= 0.6 is 0 Å². The van der Waals surface area contributed by atoms with Crippen molar-refractivity contribution in [2.45, 2.75) is 64.1 Å². The Kier molecular flexibility index (Phi) is 8.87. The van der Waals surface area contributed by atoms with Crippen LogP contribution < -0.4 is 16.0 Å². The molecule has 4 rings (SSSR count). The van der Waals surface area contributed by atoms with Gasteiger partial charge in [-0.3, -0.25) is 9.59 Å². The number of nitrogens with one attached hydrogen (secondary N) is 3. The highest BCUT2D eigenvalue weighted by atomic mass is 19.1. The van der Waals surface area contributed by atoms with E-state index in [1.165, 1.54) is 12.1 Å². The van der Waals surface area contributed by atoms with Crippen molar-refractivity contribution in [3.63, 3.8) is 0 Å². The minimum atomic E-state index is -0.906. The molecule has 0 aliphatic carbocycles. The van der Waals surface area contributed by atoms with Gasteiger partial charge in [-0.1, -0.05) is 54.6 Å². The molecule has 1 heterocycles. The molecule has 1 fully saturated rings. The highest BCUT2D eigenvalue weighted by Gasteiger charge is 2.40. The number of benzene rings is 3. The third kappa shape index (κ3) is 7.68. The van der Waals surface area contributed by atoms with Gasteiger partial charge < -0.3 is 20.9 Å². The Bertz CT molecular complexity index is 1340. The molecule has 3 aromatic carbocycles. The second-order valence-electron chi connectivity index (χ2n) is 11.4. The van der Waals surface area contributed by atoms with E-state index in [1.54, 1.807) is 23.1 Å². The van der Waals surface area contributed by atoms with Gasteiger partial charge in [-0.25, -0.2) is 9.18 Å². The van der Waals surface area contributed by atoms with E-state index in [9.17, 15) is 18.8 Å². The summed E-state index contributed by atoms with van der Waals surface area (Å²) < 4.78 is 13.8. The number of nitrogens with zero attached hydrogens (tertiary/aromatic N) is 1. The molecule has 1 saturated heterocycles. The maximum atomic E-state index is 14.1. The molecule has 40 heavy (non-hydrogen) atoms. The molecule has 8 heteroatoms. The quantitative estimate of drug-likeness (QED) is 0.373. The van der Waals surface area contributed by atoms with Crippen molar-refractivity contribution >= 4 is 23.5 Å². The number of carbonyl (C=O) groups excluding carboxylic acids is 3. The first kappa shape index (κ1) is 28.8. The maximum Gasteiger partial charge on any atom is 0.319 e. The summed E-state index contributed by atoms with van der Waals surface area (Å²) in [5.74, 6) is -1.16. The summed E-state index contributed by atoms with van der Waals surface area (Å²) in [6.07, 6.45) is 0.800. The van der Waals surface area contributed by atoms with E-state index in [2.05, 4.69) is 16.0 Å². The molecule has 4 amide bonds. The van der Waals surface area contributed by atoms with Crippen LogP contribution in [0.25, 0.3) is 0 Å². The lowest BCUT2D eigenvalue weighted by Gasteiger charge is -2.33. The summed E-state index contributed by atoms with van der Waals surface area (Å²) in [6, 6.07) is 21.3. The van der Waals surface area contributed by atoms with Gasteiger partial charge in [0, 0.05) is 11.2 Å². The molecule has 1 aliphatic heterocycles. The van der Waals surface area contributed by atoms with Gasteiger partial charge in [0.05, 0.1) is 6.04 Å².